The summed E-state index contributed by atoms with van der Waals surface area (Å²) in [5, 5.41) is 11.7. The molecule has 3 N–H and O–H groups in total. The molecule has 1 heterocycles. The smallest absolute Gasteiger partial charge is 0.264 e. The third-order valence-corrected chi connectivity index (χ3v) is 2.94. The topological polar surface area (TPSA) is 95.1 Å². The number of hydrogen-bond donors (Lipinski definition) is 3. The summed E-state index contributed by atoms with van der Waals surface area (Å²) in [6.07, 6.45) is 0.594. The van der Waals surface area contributed by atoms with Gasteiger partial charge in [-0.15, -0.1) is 0 Å². The number of nitrogens with zero attached hydrogens (tertiary/aromatic N) is 1. The van der Waals surface area contributed by atoms with Gasteiger partial charge < -0.3 is 15.4 Å². The molecule has 1 atom stereocenters. The number of hydrogen-bond acceptors (Lipinski definition) is 4. The fraction of sp³-hybridized carbons (Fsp3) is 0.615. The Morgan fingerprint density at radius 3 is 2.53 bits per heavy atom. The number of carbonyl (C=O) groups excluding carboxylic acids is 1. The van der Waals surface area contributed by atoms with Crippen molar-refractivity contribution in [1.82, 2.24) is 15.3 Å². The van der Waals surface area contributed by atoms with Gasteiger partial charge in [-0.1, -0.05) is 20.8 Å². The quantitative estimate of drug-likeness (QED) is 0.732. The highest BCUT2D eigenvalue weighted by Crippen LogP contribution is 2.08. The lowest BCUT2D eigenvalue weighted by Crippen LogP contribution is -2.40. The number of H-pyrrole nitrogens is 1. The first-order valence-corrected chi connectivity index (χ1v) is 6.43. The van der Waals surface area contributed by atoms with Crippen molar-refractivity contribution in [3.8, 4) is 0 Å². The van der Waals surface area contributed by atoms with Crippen molar-refractivity contribution >= 4 is 5.91 Å². The molecule has 0 bridgehead atoms. The Labute approximate surface area is 112 Å². The van der Waals surface area contributed by atoms with E-state index in [2.05, 4.69) is 15.3 Å². The molecule has 0 aliphatic heterocycles. The van der Waals surface area contributed by atoms with Crippen LogP contribution in [0.3, 0.4) is 0 Å². The molecule has 0 unspecified atom stereocenters. The van der Waals surface area contributed by atoms with Gasteiger partial charge in [0.05, 0.1) is 18.3 Å². The van der Waals surface area contributed by atoms with E-state index in [0.29, 0.717) is 17.9 Å². The fourth-order valence-corrected chi connectivity index (χ4v) is 1.68. The number of carbonyl (C=O) groups is 1. The summed E-state index contributed by atoms with van der Waals surface area (Å²) in [7, 11) is 0. The van der Waals surface area contributed by atoms with E-state index >= 15 is 0 Å². The van der Waals surface area contributed by atoms with Gasteiger partial charge in [0.2, 0.25) is 0 Å². The first-order valence-electron chi connectivity index (χ1n) is 6.43. The zero-order valence-corrected chi connectivity index (χ0v) is 11.8. The summed E-state index contributed by atoms with van der Waals surface area (Å²) in [6, 6.07) is -0.351. The van der Waals surface area contributed by atoms with Crippen LogP contribution in [0.1, 0.15) is 55.0 Å². The Morgan fingerprint density at radius 1 is 1.47 bits per heavy atom. The molecule has 1 rings (SSSR count). The predicted octanol–water partition coefficient (Wildman–Crippen LogP) is 0.702. The zero-order valence-electron chi connectivity index (χ0n) is 11.8. The molecule has 0 spiro atoms. The second kappa shape index (κ2) is 6.47. The first-order chi connectivity index (χ1) is 8.90. The van der Waals surface area contributed by atoms with E-state index in [1.54, 1.807) is 6.92 Å². The number of aryl methyl sites for hydroxylation is 1. The predicted molar refractivity (Wildman–Crippen MR) is 72.3 cm³/mol. The Hall–Kier alpha value is -1.69. The van der Waals surface area contributed by atoms with Crippen molar-refractivity contribution in [3.05, 3.63) is 27.4 Å². The molecule has 0 radical (unpaired) electrons. The molecule has 0 aliphatic rings. The van der Waals surface area contributed by atoms with Gasteiger partial charge in [0, 0.05) is 5.92 Å². The molecule has 0 aromatic carbocycles. The molecular formula is C13H21N3O3. The second-order valence-corrected chi connectivity index (χ2v) is 4.83. The van der Waals surface area contributed by atoms with E-state index < -0.39 is 11.5 Å². The third-order valence-electron chi connectivity index (χ3n) is 2.94. The number of aromatic nitrogens is 2. The lowest BCUT2D eigenvalue weighted by atomic mass is 10.1. The van der Waals surface area contributed by atoms with E-state index in [1.165, 1.54) is 0 Å². The van der Waals surface area contributed by atoms with Crippen LogP contribution in [0.5, 0.6) is 0 Å². The zero-order chi connectivity index (χ0) is 14.6. The van der Waals surface area contributed by atoms with E-state index in [4.69, 9.17) is 5.11 Å². The van der Waals surface area contributed by atoms with E-state index in [-0.39, 0.29) is 24.1 Å². The maximum atomic E-state index is 12.0. The van der Waals surface area contributed by atoms with Crippen molar-refractivity contribution in [2.24, 2.45) is 0 Å². The van der Waals surface area contributed by atoms with Crippen LogP contribution in [0, 0.1) is 6.92 Å². The molecule has 6 heteroatoms. The summed E-state index contributed by atoms with van der Waals surface area (Å²) in [6.45, 7) is 7.15. The van der Waals surface area contributed by atoms with Gasteiger partial charge in [-0.05, 0) is 13.3 Å². The molecule has 106 valence electrons. The van der Waals surface area contributed by atoms with Gasteiger partial charge >= 0.3 is 0 Å². The van der Waals surface area contributed by atoms with Gasteiger partial charge in [0.25, 0.3) is 11.5 Å². The Balaban J connectivity index is 3.08. The molecule has 1 amide bonds. The SMILES string of the molecule is CC[C@H](CO)NC(=O)c1c(C)nc(C(C)C)[nH]c1=O. The molecule has 1 aromatic heterocycles. The maximum absolute atomic E-state index is 12.0. The average Bonchev–Trinajstić information content (AvgIpc) is 2.34. The van der Waals surface area contributed by atoms with Crippen LogP contribution >= 0.6 is 0 Å². The summed E-state index contributed by atoms with van der Waals surface area (Å²) in [4.78, 5) is 30.8. The van der Waals surface area contributed by atoms with Crippen LogP contribution in [0.4, 0.5) is 0 Å². The lowest BCUT2D eigenvalue weighted by molar-refractivity contribution is 0.0912. The number of aliphatic hydroxyl groups excluding tert-OH is 1. The van der Waals surface area contributed by atoms with Gasteiger partial charge in [-0.25, -0.2) is 4.98 Å². The lowest BCUT2D eigenvalue weighted by Gasteiger charge is -2.15. The van der Waals surface area contributed by atoms with Crippen LogP contribution in [0.15, 0.2) is 4.79 Å². The molecule has 19 heavy (non-hydrogen) atoms. The Morgan fingerprint density at radius 2 is 2.11 bits per heavy atom. The van der Waals surface area contributed by atoms with Crippen molar-refractivity contribution in [1.29, 1.82) is 0 Å². The van der Waals surface area contributed by atoms with E-state index in [9.17, 15) is 9.59 Å². The minimum Gasteiger partial charge on any atom is -0.394 e. The number of nitrogens with one attached hydrogen (secondary N) is 2. The van der Waals surface area contributed by atoms with Crippen molar-refractivity contribution in [3.63, 3.8) is 0 Å². The first kappa shape index (κ1) is 15.4. The van der Waals surface area contributed by atoms with Crippen LogP contribution < -0.4 is 10.9 Å². The van der Waals surface area contributed by atoms with E-state index in [0.717, 1.165) is 0 Å². The van der Waals surface area contributed by atoms with Crippen molar-refractivity contribution in [2.75, 3.05) is 6.61 Å². The van der Waals surface area contributed by atoms with E-state index in [1.807, 2.05) is 20.8 Å². The number of aliphatic hydroxyl groups is 1. The van der Waals surface area contributed by atoms with Gasteiger partial charge in [-0.3, -0.25) is 9.59 Å². The summed E-state index contributed by atoms with van der Waals surface area (Å²) >= 11 is 0. The highest BCUT2D eigenvalue weighted by atomic mass is 16.3. The van der Waals surface area contributed by atoms with Gasteiger partial charge in [0.1, 0.15) is 11.4 Å². The molecule has 0 fully saturated rings. The Kier molecular flexibility index (Phi) is 5.23. The minimum atomic E-state index is -0.498. The van der Waals surface area contributed by atoms with Gasteiger partial charge in [0.15, 0.2) is 0 Å². The molecule has 0 saturated heterocycles. The standard InChI is InChI=1S/C13H21N3O3/c1-5-9(6-17)15-12(18)10-8(4)14-11(7(2)3)16-13(10)19/h7,9,17H,5-6H2,1-4H3,(H,15,18)(H,14,16,19)/t9-/m1/s1. The molecular weight excluding hydrogens is 246 g/mol. The largest absolute Gasteiger partial charge is 0.394 e. The summed E-state index contributed by atoms with van der Waals surface area (Å²) in [5.74, 6) is 0.153. The van der Waals surface area contributed by atoms with Crippen molar-refractivity contribution in [2.45, 2.75) is 46.1 Å². The highest BCUT2D eigenvalue weighted by Gasteiger charge is 2.19. The Bertz CT molecular complexity index is 504. The van der Waals surface area contributed by atoms with Crippen LogP contribution in [0.25, 0.3) is 0 Å². The highest BCUT2D eigenvalue weighted by molar-refractivity contribution is 5.95. The fourth-order valence-electron chi connectivity index (χ4n) is 1.68. The van der Waals surface area contributed by atoms with Gasteiger partial charge in [-0.2, -0.15) is 0 Å². The average molecular weight is 267 g/mol. The number of rotatable bonds is 5. The van der Waals surface area contributed by atoms with Crippen LogP contribution in [-0.2, 0) is 0 Å². The second-order valence-electron chi connectivity index (χ2n) is 4.83. The number of amides is 1. The molecule has 0 aliphatic carbocycles. The van der Waals surface area contributed by atoms with Crippen LogP contribution in [0.2, 0.25) is 0 Å². The third kappa shape index (κ3) is 3.64. The summed E-state index contributed by atoms with van der Waals surface area (Å²) in [5.41, 5.74) is -0.0319. The summed E-state index contributed by atoms with van der Waals surface area (Å²) < 4.78 is 0. The monoisotopic (exact) mass is 267 g/mol. The normalized spacial score (nSPS) is 12.5. The maximum Gasteiger partial charge on any atom is 0.264 e. The number of aromatic amines is 1. The van der Waals surface area contributed by atoms with Crippen LogP contribution in [-0.4, -0.2) is 33.6 Å². The minimum absolute atomic E-state index is 0.0105. The molecule has 1 aromatic rings. The van der Waals surface area contributed by atoms with Crippen molar-refractivity contribution < 1.29 is 9.90 Å². The molecule has 0 saturated carbocycles. The molecule has 6 nitrogen and oxygen atoms in total.